The molecule has 0 aliphatic carbocycles. The van der Waals surface area contributed by atoms with Gasteiger partial charge >= 0.3 is 0 Å². The fourth-order valence-electron chi connectivity index (χ4n) is 6.28. The first-order valence-corrected chi connectivity index (χ1v) is 17.6. The number of ketones is 1. The monoisotopic (exact) mass is 838 g/mol. The largest absolute Gasteiger partial charge is 0.512 e. The molecule has 0 saturated carbocycles. The molecule has 5 aromatic rings. The van der Waals surface area contributed by atoms with Crippen molar-refractivity contribution in [2.75, 3.05) is 0 Å². The van der Waals surface area contributed by atoms with E-state index in [1.807, 2.05) is 46.0 Å². The van der Waals surface area contributed by atoms with Gasteiger partial charge in [-0.3, -0.25) is 9.78 Å². The van der Waals surface area contributed by atoms with Crippen molar-refractivity contribution in [3.8, 4) is 22.5 Å². The molecule has 0 amide bonds. The Bertz CT molecular complexity index is 1860. The number of benzene rings is 2. The molecule has 0 bridgehead atoms. The molecular weight excluding hydrogens is 785 g/mol. The maximum absolute atomic E-state index is 11.7. The van der Waals surface area contributed by atoms with Crippen molar-refractivity contribution < 1.29 is 34.4 Å². The summed E-state index contributed by atoms with van der Waals surface area (Å²) in [6, 6.07) is 22.6. The summed E-state index contributed by atoms with van der Waals surface area (Å²) >= 11 is 0. The fraction of sp³-hybridized carbons (Fsp3) is 0.419. The van der Waals surface area contributed by atoms with E-state index in [4.69, 9.17) is 14.4 Å². The minimum Gasteiger partial charge on any atom is -0.512 e. The molecule has 0 unspecified atom stereocenters. The third kappa shape index (κ3) is 9.99. The van der Waals surface area contributed by atoms with Gasteiger partial charge in [0, 0.05) is 55.3 Å². The zero-order valence-electron chi connectivity index (χ0n) is 30.7. The zero-order valence-corrected chi connectivity index (χ0v) is 33.1. The van der Waals surface area contributed by atoms with E-state index in [9.17, 15) is 9.90 Å². The molecular formula is C43H53IrN2O3-. The van der Waals surface area contributed by atoms with Crippen molar-refractivity contribution in [2.45, 2.75) is 99.8 Å². The van der Waals surface area contributed by atoms with Crippen LogP contribution < -0.4 is 0 Å². The molecule has 3 heterocycles. The Morgan fingerprint density at radius 1 is 0.898 bits per heavy atom. The molecule has 2 aromatic carbocycles. The maximum Gasteiger partial charge on any atom is 0.226 e. The van der Waals surface area contributed by atoms with Crippen molar-refractivity contribution in [3.05, 3.63) is 96.1 Å². The van der Waals surface area contributed by atoms with Gasteiger partial charge in [0.05, 0.1) is 17.7 Å². The molecule has 1 radical (unpaired) electrons. The zero-order chi connectivity index (χ0) is 35.0. The van der Waals surface area contributed by atoms with Crippen LogP contribution in [0.25, 0.3) is 44.4 Å². The summed E-state index contributed by atoms with van der Waals surface area (Å²) in [5.41, 5.74) is 7.11. The first-order valence-electron chi connectivity index (χ1n) is 17.6. The Morgan fingerprint density at radius 3 is 2.20 bits per heavy atom. The van der Waals surface area contributed by atoms with Gasteiger partial charge in [-0.25, -0.2) is 4.98 Å². The molecule has 0 spiro atoms. The first kappa shape index (κ1) is 39.8. The van der Waals surface area contributed by atoms with Crippen LogP contribution in [0.15, 0.2) is 83.3 Å². The number of allylic oxidation sites excluding steroid dienone is 2. The van der Waals surface area contributed by atoms with E-state index in [1.54, 1.807) is 6.26 Å². The molecule has 1 N–H and O–H groups in total. The van der Waals surface area contributed by atoms with Gasteiger partial charge in [-0.15, -0.1) is 29.1 Å². The number of hydrogen-bond acceptors (Lipinski definition) is 5. The predicted molar refractivity (Wildman–Crippen MR) is 200 cm³/mol. The summed E-state index contributed by atoms with van der Waals surface area (Å²) < 4.78 is 5.69. The normalized spacial score (nSPS) is 12.0. The molecule has 3 aromatic heterocycles. The minimum absolute atomic E-state index is 0. The van der Waals surface area contributed by atoms with Gasteiger partial charge in [-0.1, -0.05) is 97.5 Å². The second kappa shape index (κ2) is 17.9. The second-order valence-corrected chi connectivity index (χ2v) is 14.2. The van der Waals surface area contributed by atoms with Crippen LogP contribution >= 0.6 is 0 Å². The predicted octanol–water partition coefficient (Wildman–Crippen LogP) is 11.9. The Kier molecular flexibility index (Phi) is 14.5. The maximum atomic E-state index is 11.7. The summed E-state index contributed by atoms with van der Waals surface area (Å²) in [6.45, 7) is 19.3. The number of rotatable bonds is 11. The van der Waals surface area contributed by atoms with Gasteiger partial charge in [0.25, 0.3) is 0 Å². The standard InChI is InChI=1S/C30H29N2O.C13H24O2.Ir/c1-19(2)14-22-18-28(32-29-25(22)11-13-33-29)21-10-12-31-27(17-21)23-15-20-8-6-7-9-24(20)26(16-23)30(3,4)5;1-5-10(6-2)12(14)9-13(15)11(7-3)8-4;/h6-13,16-19H,14H2,1-5H3;9-11,14H,5-8H2,1-4H3;/q-1;;/b;12-9-;. The fourth-order valence-corrected chi connectivity index (χ4v) is 6.28. The molecule has 0 fully saturated rings. The van der Waals surface area contributed by atoms with Crippen molar-refractivity contribution in [1.29, 1.82) is 0 Å². The number of aromatic nitrogens is 2. The molecule has 0 atom stereocenters. The average Bonchev–Trinajstić information content (AvgIpc) is 3.54. The molecule has 0 aliphatic rings. The topological polar surface area (TPSA) is 76.2 Å². The quantitative estimate of drug-likeness (QED) is 0.0815. The number of fused-ring (bicyclic) bond motifs is 2. The first-order chi connectivity index (χ1) is 22.9. The summed E-state index contributed by atoms with van der Waals surface area (Å²) in [6.07, 6.45) is 9.47. The number of carbonyl (C=O) groups is 1. The van der Waals surface area contributed by atoms with Crippen LogP contribution in [0, 0.1) is 23.8 Å². The van der Waals surface area contributed by atoms with Gasteiger partial charge in [0.2, 0.25) is 5.71 Å². The van der Waals surface area contributed by atoms with Gasteiger partial charge < -0.3 is 9.52 Å². The minimum atomic E-state index is 0. The molecule has 49 heavy (non-hydrogen) atoms. The molecule has 263 valence electrons. The van der Waals surface area contributed by atoms with E-state index < -0.39 is 0 Å². The Morgan fingerprint density at radius 2 is 1.57 bits per heavy atom. The number of carbonyl (C=O) groups excluding carboxylic acids is 1. The van der Waals surface area contributed by atoms with E-state index in [1.165, 1.54) is 22.6 Å². The van der Waals surface area contributed by atoms with Crippen LogP contribution in [-0.4, -0.2) is 20.9 Å². The smallest absolute Gasteiger partial charge is 0.226 e. The van der Waals surface area contributed by atoms with Gasteiger partial charge in [0.1, 0.15) is 0 Å². The number of furan rings is 1. The van der Waals surface area contributed by atoms with Gasteiger partial charge in [-0.2, -0.15) is 0 Å². The van der Waals surface area contributed by atoms with Crippen LogP contribution in [0.4, 0.5) is 0 Å². The van der Waals surface area contributed by atoms with Crippen molar-refractivity contribution >= 4 is 27.7 Å². The Balaban J connectivity index is 0.000000347. The number of aliphatic hydroxyl groups excluding tert-OH is 1. The Hall–Kier alpha value is -3.60. The number of aliphatic hydroxyl groups is 1. The van der Waals surface area contributed by atoms with E-state index in [2.05, 4.69) is 83.1 Å². The van der Waals surface area contributed by atoms with Gasteiger partial charge in [-0.05, 0) is 72.8 Å². The third-order valence-corrected chi connectivity index (χ3v) is 9.15. The van der Waals surface area contributed by atoms with Crippen molar-refractivity contribution in [1.82, 2.24) is 9.97 Å². The number of nitrogens with zero attached hydrogens (tertiary/aromatic N) is 2. The van der Waals surface area contributed by atoms with Crippen LogP contribution in [0.2, 0.25) is 0 Å². The molecule has 0 aliphatic heterocycles. The summed E-state index contributed by atoms with van der Waals surface area (Å²) in [4.78, 5) is 21.2. The summed E-state index contributed by atoms with van der Waals surface area (Å²) in [5.74, 6) is 1.10. The average molecular weight is 838 g/mol. The summed E-state index contributed by atoms with van der Waals surface area (Å²) in [7, 11) is 0. The van der Waals surface area contributed by atoms with Crippen LogP contribution in [0.5, 0.6) is 0 Å². The van der Waals surface area contributed by atoms with Crippen molar-refractivity contribution in [2.24, 2.45) is 17.8 Å². The molecule has 5 rings (SSSR count). The molecule has 5 nitrogen and oxygen atoms in total. The molecule has 6 heteroatoms. The second-order valence-electron chi connectivity index (χ2n) is 14.2. The van der Waals surface area contributed by atoms with Crippen LogP contribution in [-0.2, 0) is 36.7 Å². The van der Waals surface area contributed by atoms with E-state index >= 15 is 0 Å². The Labute approximate surface area is 307 Å². The van der Waals surface area contributed by atoms with E-state index in [0.717, 1.165) is 65.4 Å². The van der Waals surface area contributed by atoms with Crippen LogP contribution in [0.1, 0.15) is 99.1 Å². The van der Waals surface area contributed by atoms with Gasteiger partial charge in [0.15, 0.2) is 5.78 Å². The van der Waals surface area contributed by atoms with Crippen molar-refractivity contribution in [3.63, 3.8) is 0 Å². The number of pyridine rings is 2. The number of hydrogen-bond donors (Lipinski definition) is 1. The van der Waals surface area contributed by atoms with E-state index in [0.29, 0.717) is 11.6 Å². The SMILES string of the molecule is CC(C)Cc1cc(-c2ccnc(-c3[c-]c4ccccc4c(C(C)(C)C)c3)c2)nc2occc12.CCC(CC)C(=O)/C=C(\O)C(CC)CC.[Ir]. The molecule has 0 saturated heterocycles. The van der Waals surface area contributed by atoms with Crippen LogP contribution in [0.3, 0.4) is 0 Å². The third-order valence-electron chi connectivity index (χ3n) is 9.15. The van der Waals surface area contributed by atoms with E-state index in [-0.39, 0.29) is 48.9 Å². The summed E-state index contributed by atoms with van der Waals surface area (Å²) in [5, 5.41) is 13.2.